The molecule has 2 heterocycles. The van der Waals surface area contributed by atoms with Crippen molar-refractivity contribution in [2.24, 2.45) is 11.3 Å². The van der Waals surface area contributed by atoms with Crippen molar-refractivity contribution in [3.05, 3.63) is 30.1 Å². The summed E-state index contributed by atoms with van der Waals surface area (Å²) in [5, 5.41) is 2.78. The van der Waals surface area contributed by atoms with Gasteiger partial charge in [-0.25, -0.2) is 0 Å². The van der Waals surface area contributed by atoms with Gasteiger partial charge in [-0.05, 0) is 31.4 Å². The van der Waals surface area contributed by atoms with E-state index in [-0.39, 0.29) is 23.1 Å². The van der Waals surface area contributed by atoms with E-state index in [0.29, 0.717) is 12.1 Å². The van der Waals surface area contributed by atoms with Gasteiger partial charge in [-0.15, -0.1) is 0 Å². The van der Waals surface area contributed by atoms with E-state index in [0.717, 1.165) is 32.2 Å². The number of aromatic nitrogens is 1. The predicted molar refractivity (Wildman–Crippen MR) is 78.6 cm³/mol. The van der Waals surface area contributed by atoms with Gasteiger partial charge >= 0.3 is 0 Å². The van der Waals surface area contributed by atoms with E-state index in [1.807, 2.05) is 4.90 Å². The SMILES string of the molecule is CNC(=O)C1CCCC12CCN(C(=O)c1ccncc1)C2. The number of nitrogens with one attached hydrogen (secondary N) is 1. The van der Waals surface area contributed by atoms with Gasteiger partial charge in [0.1, 0.15) is 0 Å². The molecule has 1 N–H and O–H groups in total. The fourth-order valence-electron chi connectivity index (χ4n) is 3.96. The van der Waals surface area contributed by atoms with E-state index in [2.05, 4.69) is 10.3 Å². The summed E-state index contributed by atoms with van der Waals surface area (Å²) in [5.74, 6) is 0.236. The van der Waals surface area contributed by atoms with E-state index in [9.17, 15) is 9.59 Å². The molecular weight excluding hydrogens is 266 g/mol. The average Bonchev–Trinajstić information content (AvgIpc) is 3.14. The Morgan fingerprint density at radius 2 is 2.10 bits per heavy atom. The Kier molecular flexibility index (Phi) is 3.66. The van der Waals surface area contributed by atoms with Crippen LogP contribution in [0.5, 0.6) is 0 Å². The van der Waals surface area contributed by atoms with Crippen molar-refractivity contribution in [2.75, 3.05) is 20.1 Å². The van der Waals surface area contributed by atoms with Crippen molar-refractivity contribution < 1.29 is 9.59 Å². The molecule has 1 aromatic heterocycles. The Balaban J connectivity index is 1.76. The summed E-state index contributed by atoms with van der Waals surface area (Å²) in [6, 6.07) is 3.50. The second-order valence-corrected chi connectivity index (χ2v) is 6.13. The summed E-state index contributed by atoms with van der Waals surface area (Å²) in [7, 11) is 1.70. The maximum atomic E-state index is 12.5. The summed E-state index contributed by atoms with van der Waals surface area (Å²) < 4.78 is 0. The van der Waals surface area contributed by atoms with Crippen molar-refractivity contribution in [3.63, 3.8) is 0 Å². The molecule has 0 radical (unpaired) electrons. The van der Waals surface area contributed by atoms with Gasteiger partial charge in [0.05, 0.1) is 0 Å². The normalized spacial score (nSPS) is 28.0. The van der Waals surface area contributed by atoms with E-state index in [1.54, 1.807) is 31.6 Å². The first-order chi connectivity index (χ1) is 10.2. The smallest absolute Gasteiger partial charge is 0.253 e. The number of rotatable bonds is 2. The second-order valence-electron chi connectivity index (χ2n) is 6.13. The Hall–Kier alpha value is -1.91. The van der Waals surface area contributed by atoms with Crippen LogP contribution < -0.4 is 5.32 Å². The third-order valence-electron chi connectivity index (χ3n) is 5.07. The highest BCUT2D eigenvalue weighted by atomic mass is 16.2. The predicted octanol–water partition coefficient (Wildman–Crippen LogP) is 1.46. The van der Waals surface area contributed by atoms with Gasteiger partial charge < -0.3 is 10.2 Å². The molecule has 5 nitrogen and oxygen atoms in total. The number of likely N-dealkylation sites (tertiary alicyclic amines) is 1. The van der Waals surface area contributed by atoms with Crippen LogP contribution >= 0.6 is 0 Å². The molecule has 5 heteroatoms. The highest BCUT2D eigenvalue weighted by Gasteiger charge is 2.51. The molecule has 0 bridgehead atoms. The quantitative estimate of drug-likeness (QED) is 0.895. The maximum Gasteiger partial charge on any atom is 0.253 e. The molecule has 1 aliphatic carbocycles. The Morgan fingerprint density at radius 1 is 1.33 bits per heavy atom. The second kappa shape index (κ2) is 5.47. The maximum absolute atomic E-state index is 12.5. The third kappa shape index (κ3) is 2.41. The van der Waals surface area contributed by atoms with Crippen LogP contribution in [-0.4, -0.2) is 41.8 Å². The fraction of sp³-hybridized carbons (Fsp3) is 0.562. The first kappa shape index (κ1) is 14.0. The molecule has 2 fully saturated rings. The third-order valence-corrected chi connectivity index (χ3v) is 5.07. The molecule has 112 valence electrons. The molecule has 0 aromatic carbocycles. The van der Waals surface area contributed by atoms with Gasteiger partial charge in [0.2, 0.25) is 5.91 Å². The number of hydrogen-bond acceptors (Lipinski definition) is 3. The lowest BCUT2D eigenvalue weighted by Crippen LogP contribution is -2.40. The molecule has 1 saturated carbocycles. The zero-order valence-corrected chi connectivity index (χ0v) is 12.3. The van der Waals surface area contributed by atoms with Crippen LogP contribution in [0.15, 0.2) is 24.5 Å². The molecule has 1 saturated heterocycles. The van der Waals surface area contributed by atoms with E-state index >= 15 is 0 Å². The fourth-order valence-corrected chi connectivity index (χ4v) is 3.96. The number of pyridine rings is 1. The Labute approximate surface area is 124 Å². The minimum absolute atomic E-state index is 0.0111. The molecule has 1 aliphatic heterocycles. The topological polar surface area (TPSA) is 62.3 Å². The zero-order valence-electron chi connectivity index (χ0n) is 12.3. The summed E-state index contributed by atoms with van der Waals surface area (Å²) in [6.07, 6.45) is 7.28. The molecule has 1 aromatic rings. The van der Waals surface area contributed by atoms with Crippen LogP contribution in [0.25, 0.3) is 0 Å². The van der Waals surface area contributed by atoms with Crippen molar-refractivity contribution in [2.45, 2.75) is 25.7 Å². The van der Waals surface area contributed by atoms with Gasteiger partial charge in [0, 0.05) is 49.4 Å². The number of carbonyl (C=O) groups is 2. The zero-order chi connectivity index (χ0) is 14.9. The number of amides is 2. The highest BCUT2D eigenvalue weighted by Crippen LogP contribution is 2.49. The van der Waals surface area contributed by atoms with E-state index in [1.165, 1.54) is 0 Å². The van der Waals surface area contributed by atoms with Crippen LogP contribution in [0.3, 0.4) is 0 Å². The number of nitrogens with zero attached hydrogens (tertiary/aromatic N) is 2. The van der Waals surface area contributed by atoms with Crippen LogP contribution in [-0.2, 0) is 4.79 Å². The summed E-state index contributed by atoms with van der Waals surface area (Å²) in [4.78, 5) is 30.5. The molecular formula is C16H21N3O2. The largest absolute Gasteiger partial charge is 0.359 e. The molecule has 2 amide bonds. The van der Waals surface area contributed by atoms with Crippen LogP contribution in [0, 0.1) is 11.3 Å². The molecule has 1 spiro atoms. The Bertz CT molecular complexity index is 546. The van der Waals surface area contributed by atoms with E-state index < -0.39 is 0 Å². The van der Waals surface area contributed by atoms with Crippen LogP contribution in [0.1, 0.15) is 36.0 Å². The van der Waals surface area contributed by atoms with Gasteiger partial charge in [0.15, 0.2) is 0 Å². The lowest BCUT2D eigenvalue weighted by molar-refractivity contribution is -0.127. The lowest BCUT2D eigenvalue weighted by atomic mass is 9.76. The molecule has 2 atom stereocenters. The first-order valence-corrected chi connectivity index (χ1v) is 7.57. The molecule has 21 heavy (non-hydrogen) atoms. The first-order valence-electron chi connectivity index (χ1n) is 7.57. The van der Waals surface area contributed by atoms with E-state index in [4.69, 9.17) is 0 Å². The summed E-state index contributed by atoms with van der Waals surface area (Å²) >= 11 is 0. The minimum Gasteiger partial charge on any atom is -0.359 e. The van der Waals surface area contributed by atoms with Crippen molar-refractivity contribution in [3.8, 4) is 0 Å². The van der Waals surface area contributed by atoms with Crippen molar-refractivity contribution >= 4 is 11.8 Å². The van der Waals surface area contributed by atoms with Gasteiger partial charge in [-0.3, -0.25) is 14.6 Å². The number of carbonyl (C=O) groups excluding carboxylic acids is 2. The monoisotopic (exact) mass is 287 g/mol. The van der Waals surface area contributed by atoms with Crippen LogP contribution in [0.2, 0.25) is 0 Å². The Morgan fingerprint density at radius 3 is 2.81 bits per heavy atom. The summed E-state index contributed by atoms with van der Waals surface area (Å²) in [6.45, 7) is 1.45. The molecule has 2 unspecified atom stereocenters. The summed E-state index contributed by atoms with van der Waals surface area (Å²) in [5.41, 5.74) is 0.666. The van der Waals surface area contributed by atoms with Crippen molar-refractivity contribution in [1.82, 2.24) is 15.2 Å². The number of hydrogen-bond donors (Lipinski definition) is 1. The molecule has 2 aliphatic rings. The van der Waals surface area contributed by atoms with Gasteiger partial charge in [-0.1, -0.05) is 6.42 Å². The average molecular weight is 287 g/mol. The molecule has 3 rings (SSSR count). The highest BCUT2D eigenvalue weighted by molar-refractivity contribution is 5.94. The standard InChI is InChI=1S/C16H21N3O2/c1-17-14(20)13-3-2-6-16(13)7-10-19(11-16)15(21)12-4-8-18-9-5-12/h4-5,8-9,13H,2-3,6-7,10-11H2,1H3,(H,17,20). The van der Waals surface area contributed by atoms with Gasteiger partial charge in [-0.2, -0.15) is 0 Å². The van der Waals surface area contributed by atoms with Crippen molar-refractivity contribution in [1.29, 1.82) is 0 Å². The van der Waals surface area contributed by atoms with Crippen LogP contribution in [0.4, 0.5) is 0 Å². The van der Waals surface area contributed by atoms with Gasteiger partial charge in [0.25, 0.3) is 5.91 Å². The lowest BCUT2D eigenvalue weighted by Gasteiger charge is -2.30. The minimum atomic E-state index is -0.0111.